The summed E-state index contributed by atoms with van der Waals surface area (Å²) in [6.45, 7) is 0. The van der Waals surface area contributed by atoms with Gasteiger partial charge in [0.25, 0.3) is 5.91 Å². The quantitative estimate of drug-likeness (QED) is 0.583. The van der Waals surface area contributed by atoms with Gasteiger partial charge in [-0.1, -0.05) is 48.2 Å². The van der Waals surface area contributed by atoms with Crippen molar-refractivity contribution in [3.63, 3.8) is 0 Å². The van der Waals surface area contributed by atoms with Gasteiger partial charge in [0, 0.05) is 0 Å². The zero-order chi connectivity index (χ0) is 19.8. The van der Waals surface area contributed by atoms with Gasteiger partial charge in [0.1, 0.15) is 0 Å². The number of alkyl halides is 3. The summed E-state index contributed by atoms with van der Waals surface area (Å²) in [5.41, 5.74) is -0.590. The SMILES string of the molecule is O=C(O)c1ccccc1/C=C1\SC(=S)N(c2cccc(C(F)(F)F)c2)C1=O. The fourth-order valence-electron chi connectivity index (χ4n) is 2.47. The van der Waals surface area contributed by atoms with Crippen LogP contribution < -0.4 is 4.90 Å². The van der Waals surface area contributed by atoms with Crippen molar-refractivity contribution in [1.29, 1.82) is 0 Å². The minimum Gasteiger partial charge on any atom is -0.478 e. The van der Waals surface area contributed by atoms with Crippen molar-refractivity contribution in [2.75, 3.05) is 4.90 Å². The Kier molecular flexibility index (Phi) is 5.07. The molecule has 1 aliphatic heterocycles. The van der Waals surface area contributed by atoms with E-state index in [1.54, 1.807) is 12.1 Å². The number of nitrogens with zero attached hydrogens (tertiary/aromatic N) is 1. The highest BCUT2D eigenvalue weighted by Gasteiger charge is 2.36. The van der Waals surface area contributed by atoms with Crippen LogP contribution in [0.1, 0.15) is 21.5 Å². The Morgan fingerprint density at radius 2 is 1.85 bits per heavy atom. The van der Waals surface area contributed by atoms with Gasteiger partial charge in [0.05, 0.1) is 21.7 Å². The molecule has 1 amide bonds. The van der Waals surface area contributed by atoms with E-state index in [1.807, 2.05) is 0 Å². The second-order valence-electron chi connectivity index (χ2n) is 5.46. The highest BCUT2D eigenvalue weighted by molar-refractivity contribution is 8.27. The number of carboxylic acids is 1. The lowest BCUT2D eigenvalue weighted by molar-refractivity contribution is -0.137. The Hall–Kier alpha value is -2.65. The molecular formula is C18H10F3NO3S2. The van der Waals surface area contributed by atoms with Crippen molar-refractivity contribution in [1.82, 2.24) is 0 Å². The molecule has 0 bridgehead atoms. The first kappa shape index (κ1) is 19.1. The van der Waals surface area contributed by atoms with Gasteiger partial charge in [-0.05, 0) is 35.9 Å². The summed E-state index contributed by atoms with van der Waals surface area (Å²) in [7, 11) is 0. The van der Waals surface area contributed by atoms with E-state index in [2.05, 4.69) is 0 Å². The van der Waals surface area contributed by atoms with Gasteiger partial charge in [0.15, 0.2) is 4.32 Å². The molecule has 0 spiro atoms. The molecule has 0 unspecified atom stereocenters. The summed E-state index contributed by atoms with van der Waals surface area (Å²) in [5.74, 6) is -1.76. The summed E-state index contributed by atoms with van der Waals surface area (Å²) in [6.07, 6.45) is -3.18. The van der Waals surface area contributed by atoms with Crippen molar-refractivity contribution < 1.29 is 27.9 Å². The van der Waals surface area contributed by atoms with Gasteiger partial charge < -0.3 is 5.11 Å². The van der Waals surface area contributed by atoms with Gasteiger partial charge in [-0.2, -0.15) is 13.2 Å². The van der Waals surface area contributed by atoms with Gasteiger partial charge in [-0.15, -0.1) is 0 Å². The molecule has 1 N–H and O–H groups in total. The van der Waals surface area contributed by atoms with Crippen LogP contribution in [0.3, 0.4) is 0 Å². The highest BCUT2D eigenvalue weighted by atomic mass is 32.2. The number of hydrogen-bond donors (Lipinski definition) is 1. The van der Waals surface area contributed by atoms with Crippen molar-refractivity contribution in [2.24, 2.45) is 0 Å². The smallest absolute Gasteiger partial charge is 0.416 e. The average Bonchev–Trinajstić information content (AvgIpc) is 2.88. The molecule has 2 aromatic carbocycles. The molecule has 1 saturated heterocycles. The maximum Gasteiger partial charge on any atom is 0.416 e. The van der Waals surface area contributed by atoms with E-state index in [0.717, 1.165) is 28.8 Å². The summed E-state index contributed by atoms with van der Waals surface area (Å²) in [4.78, 5) is 25.1. The predicted molar refractivity (Wildman–Crippen MR) is 100 cm³/mol. The number of carboxylic acid groups (broad SMARTS) is 1. The second kappa shape index (κ2) is 7.16. The topological polar surface area (TPSA) is 57.6 Å². The summed E-state index contributed by atoms with van der Waals surface area (Å²) >= 11 is 6.04. The number of thioether (sulfide) groups is 1. The Bertz CT molecular complexity index is 986. The zero-order valence-electron chi connectivity index (χ0n) is 13.4. The van der Waals surface area contributed by atoms with Crippen LogP contribution in [0.15, 0.2) is 53.4 Å². The number of hydrogen-bond acceptors (Lipinski definition) is 4. The third kappa shape index (κ3) is 3.88. The second-order valence-corrected chi connectivity index (χ2v) is 7.13. The maximum absolute atomic E-state index is 12.9. The molecule has 1 fully saturated rings. The maximum atomic E-state index is 12.9. The van der Waals surface area contributed by atoms with Gasteiger partial charge in [0.2, 0.25) is 0 Å². The Morgan fingerprint density at radius 1 is 1.15 bits per heavy atom. The van der Waals surface area contributed by atoms with Crippen molar-refractivity contribution in [2.45, 2.75) is 6.18 Å². The van der Waals surface area contributed by atoms with Crippen LogP contribution in [-0.2, 0) is 11.0 Å². The van der Waals surface area contributed by atoms with Crippen molar-refractivity contribution in [3.8, 4) is 0 Å². The van der Waals surface area contributed by atoms with Gasteiger partial charge in [-0.25, -0.2) is 4.79 Å². The first-order chi connectivity index (χ1) is 12.7. The first-order valence-electron chi connectivity index (χ1n) is 7.46. The van der Waals surface area contributed by atoms with Crippen molar-refractivity contribution >= 4 is 51.9 Å². The number of carbonyl (C=O) groups is 2. The Labute approximate surface area is 161 Å². The number of halogens is 3. The molecule has 0 aromatic heterocycles. The number of benzene rings is 2. The fraction of sp³-hybridized carbons (Fsp3) is 0.0556. The molecule has 4 nitrogen and oxygen atoms in total. The van der Waals surface area contributed by atoms with Crippen LogP contribution >= 0.6 is 24.0 Å². The van der Waals surface area contributed by atoms with E-state index in [1.165, 1.54) is 30.3 Å². The Balaban J connectivity index is 1.98. The zero-order valence-corrected chi connectivity index (χ0v) is 15.0. The molecule has 1 heterocycles. The molecule has 0 radical (unpaired) electrons. The Morgan fingerprint density at radius 3 is 2.52 bits per heavy atom. The number of anilines is 1. The largest absolute Gasteiger partial charge is 0.478 e. The monoisotopic (exact) mass is 409 g/mol. The number of aromatic carboxylic acids is 1. The molecule has 3 rings (SSSR count). The minimum atomic E-state index is -4.55. The summed E-state index contributed by atoms with van der Waals surface area (Å²) in [5, 5.41) is 9.23. The lowest BCUT2D eigenvalue weighted by Crippen LogP contribution is -2.27. The van der Waals surface area contributed by atoms with Crippen LogP contribution in [-0.4, -0.2) is 21.3 Å². The van der Waals surface area contributed by atoms with E-state index >= 15 is 0 Å². The standard InChI is InChI=1S/C18H10F3NO3S2/c19-18(20,21)11-5-3-6-12(9-11)22-15(23)14(27-17(22)26)8-10-4-1-2-7-13(10)16(24)25/h1-9H,(H,24,25)/b14-8-. The molecule has 9 heteroatoms. The fourth-order valence-corrected chi connectivity index (χ4v) is 3.76. The number of amides is 1. The van der Waals surface area contributed by atoms with Crippen molar-refractivity contribution in [3.05, 3.63) is 70.1 Å². The molecule has 27 heavy (non-hydrogen) atoms. The normalized spacial score (nSPS) is 16.3. The highest BCUT2D eigenvalue weighted by Crippen LogP contribution is 2.38. The molecular weight excluding hydrogens is 399 g/mol. The van der Waals surface area contributed by atoms with E-state index in [-0.39, 0.29) is 20.5 Å². The minimum absolute atomic E-state index is 0.00170. The summed E-state index contributed by atoms with van der Waals surface area (Å²) < 4.78 is 38.8. The molecule has 1 aliphatic rings. The van der Waals surface area contributed by atoms with E-state index in [9.17, 15) is 27.9 Å². The lowest BCUT2D eigenvalue weighted by atomic mass is 10.1. The average molecular weight is 409 g/mol. The van der Waals surface area contributed by atoms with Crippen LogP contribution in [0.4, 0.5) is 18.9 Å². The van der Waals surface area contributed by atoms with Crippen LogP contribution in [0.2, 0.25) is 0 Å². The number of thiocarbonyl (C=S) groups is 1. The molecule has 0 atom stereocenters. The molecule has 0 aliphatic carbocycles. The predicted octanol–water partition coefficient (Wildman–Crippen LogP) is 4.81. The van der Waals surface area contributed by atoms with E-state index in [0.29, 0.717) is 5.56 Å². The third-order valence-electron chi connectivity index (χ3n) is 3.70. The number of carbonyl (C=O) groups excluding carboxylic acids is 1. The lowest BCUT2D eigenvalue weighted by Gasteiger charge is -2.16. The van der Waals surface area contributed by atoms with Crippen LogP contribution in [0, 0.1) is 0 Å². The van der Waals surface area contributed by atoms with Gasteiger partial charge >= 0.3 is 12.1 Å². The first-order valence-corrected chi connectivity index (χ1v) is 8.68. The van der Waals surface area contributed by atoms with Crippen LogP contribution in [0.25, 0.3) is 6.08 Å². The van der Waals surface area contributed by atoms with Crippen LogP contribution in [0.5, 0.6) is 0 Å². The van der Waals surface area contributed by atoms with Gasteiger partial charge in [-0.3, -0.25) is 9.69 Å². The molecule has 2 aromatic rings. The molecule has 138 valence electrons. The van der Waals surface area contributed by atoms with E-state index in [4.69, 9.17) is 12.2 Å². The third-order valence-corrected chi connectivity index (χ3v) is 5.01. The molecule has 0 saturated carbocycles. The number of rotatable bonds is 3. The van der Waals surface area contributed by atoms with E-state index < -0.39 is 23.6 Å². The summed E-state index contributed by atoms with van der Waals surface area (Å²) in [6, 6.07) is 10.4.